The van der Waals surface area contributed by atoms with Crippen LogP contribution in [0.1, 0.15) is 111 Å². The van der Waals surface area contributed by atoms with Crippen molar-refractivity contribution in [3.05, 3.63) is 129 Å². The van der Waals surface area contributed by atoms with Crippen molar-refractivity contribution in [3.8, 4) is 5.75 Å². The molecule has 1 spiro atoms. The molecule has 5 amide bonds. The van der Waals surface area contributed by atoms with Gasteiger partial charge in [-0.25, -0.2) is 4.39 Å². The van der Waals surface area contributed by atoms with Crippen molar-refractivity contribution < 1.29 is 33.5 Å². The first-order chi connectivity index (χ1) is 29.5. The van der Waals surface area contributed by atoms with Crippen LogP contribution < -0.4 is 10.2 Å². The Morgan fingerprint density at radius 2 is 1.39 bits per heavy atom. The molecular weight excluding hydrogens is 774 g/mol. The molecule has 6 aliphatic rings. The van der Waals surface area contributed by atoms with Gasteiger partial charge in [0.25, 0.3) is 11.8 Å². The second-order valence-corrected chi connectivity index (χ2v) is 18.1. The fourth-order valence-electron chi connectivity index (χ4n) is 11.2. The van der Waals surface area contributed by atoms with E-state index in [1.54, 1.807) is 30.3 Å². The Balaban J connectivity index is 0.737. The second-order valence-electron chi connectivity index (χ2n) is 18.1. The third-order valence-corrected chi connectivity index (χ3v) is 14.7. The van der Waals surface area contributed by atoms with E-state index in [0.717, 1.165) is 86.3 Å². The normalized spacial score (nSPS) is 23.8. The molecule has 61 heavy (non-hydrogen) atoms. The van der Waals surface area contributed by atoms with Gasteiger partial charge in [-0.2, -0.15) is 0 Å². The zero-order valence-corrected chi connectivity index (χ0v) is 34.2. The molecule has 3 fully saturated rings. The number of hydrogen-bond donors (Lipinski definition) is 2. The predicted octanol–water partition coefficient (Wildman–Crippen LogP) is 6.06. The number of carbonyl (C=O) groups excluding carboxylic acids is 5. The molecule has 1 aliphatic carbocycles. The van der Waals surface area contributed by atoms with Crippen molar-refractivity contribution in [1.29, 1.82) is 0 Å². The molecule has 10 rings (SSSR count). The van der Waals surface area contributed by atoms with Crippen LogP contribution in [0.15, 0.2) is 78.9 Å². The summed E-state index contributed by atoms with van der Waals surface area (Å²) < 4.78 is 13.9. The maximum atomic E-state index is 13.9. The number of fused-ring (bicyclic) bond motifs is 3. The van der Waals surface area contributed by atoms with Crippen molar-refractivity contribution in [3.63, 3.8) is 0 Å². The summed E-state index contributed by atoms with van der Waals surface area (Å²) in [4.78, 5) is 72.2. The SMILES string of the molecule is O=C1CC[C@@H](N2C(=O)c3cc4c(cc3C2=O)CN(CC(=O)N2CCC3(CC2)CCN(c2ccc([C@@H]5c6ccc(O)cc6CC[C@@H]5c5ccc(F)cc5)cc2)CC3)CC4)C(=O)N1. The van der Waals surface area contributed by atoms with E-state index >= 15 is 0 Å². The highest BCUT2D eigenvalue weighted by molar-refractivity contribution is 6.23. The average molecular weight is 824 g/mol. The Kier molecular flexibility index (Phi) is 10.0. The molecule has 5 heterocycles. The molecule has 0 aromatic heterocycles. The fourth-order valence-corrected chi connectivity index (χ4v) is 11.2. The van der Waals surface area contributed by atoms with Crippen LogP contribution in [-0.2, 0) is 33.8 Å². The summed E-state index contributed by atoms with van der Waals surface area (Å²) in [6.45, 7) is 4.87. The Morgan fingerprint density at radius 1 is 0.721 bits per heavy atom. The molecule has 4 aromatic rings. The molecule has 5 aliphatic heterocycles. The fraction of sp³-hybridized carbons (Fsp3) is 0.408. The van der Waals surface area contributed by atoms with Crippen LogP contribution in [0.4, 0.5) is 10.1 Å². The van der Waals surface area contributed by atoms with E-state index in [2.05, 4.69) is 45.4 Å². The molecule has 0 radical (unpaired) electrons. The monoisotopic (exact) mass is 823 g/mol. The molecular formula is C49H50FN5O6. The minimum Gasteiger partial charge on any atom is -0.508 e. The average Bonchev–Trinajstić information content (AvgIpc) is 3.50. The zero-order chi connectivity index (χ0) is 42.0. The minimum atomic E-state index is -1.00. The summed E-state index contributed by atoms with van der Waals surface area (Å²) in [6.07, 6.45) is 6.76. The number of likely N-dealkylation sites (tertiary alicyclic amines) is 1. The number of halogens is 1. The summed E-state index contributed by atoms with van der Waals surface area (Å²) in [6, 6.07) is 24.1. The molecule has 4 aromatic carbocycles. The second kappa shape index (κ2) is 15.5. The van der Waals surface area contributed by atoms with Gasteiger partial charge in [-0.15, -0.1) is 0 Å². The first-order valence-corrected chi connectivity index (χ1v) is 21.8. The molecule has 0 bridgehead atoms. The van der Waals surface area contributed by atoms with Crippen LogP contribution in [0.25, 0.3) is 0 Å². The summed E-state index contributed by atoms with van der Waals surface area (Å²) in [5, 5.41) is 12.5. The van der Waals surface area contributed by atoms with Crippen LogP contribution in [0.2, 0.25) is 0 Å². The van der Waals surface area contributed by atoms with Crippen molar-refractivity contribution in [1.82, 2.24) is 20.0 Å². The number of hydrogen-bond acceptors (Lipinski definition) is 8. The van der Waals surface area contributed by atoms with Crippen molar-refractivity contribution >= 4 is 35.2 Å². The number of amides is 5. The van der Waals surface area contributed by atoms with Gasteiger partial charge in [0.05, 0.1) is 17.7 Å². The lowest BCUT2D eigenvalue weighted by Gasteiger charge is -2.47. The maximum absolute atomic E-state index is 13.9. The summed E-state index contributed by atoms with van der Waals surface area (Å²) in [5.41, 5.74) is 8.64. The molecule has 12 heteroatoms. The Hall–Kier alpha value is -5.88. The Bertz CT molecular complexity index is 2430. The smallest absolute Gasteiger partial charge is 0.262 e. The lowest BCUT2D eigenvalue weighted by Crippen LogP contribution is -2.54. The van der Waals surface area contributed by atoms with Gasteiger partial charge in [0, 0.05) is 57.3 Å². The van der Waals surface area contributed by atoms with Crippen LogP contribution in [0, 0.1) is 11.2 Å². The van der Waals surface area contributed by atoms with Gasteiger partial charge in [-0.05, 0) is 145 Å². The lowest BCUT2D eigenvalue weighted by atomic mass is 9.69. The number of phenolic OH excluding ortho intramolecular Hbond substituents is 1. The van der Waals surface area contributed by atoms with Gasteiger partial charge in [0.1, 0.15) is 17.6 Å². The number of phenols is 1. The number of nitrogens with one attached hydrogen (secondary N) is 1. The third kappa shape index (κ3) is 7.28. The van der Waals surface area contributed by atoms with E-state index in [9.17, 15) is 33.5 Å². The van der Waals surface area contributed by atoms with Gasteiger partial charge in [-0.3, -0.25) is 39.1 Å². The predicted molar refractivity (Wildman–Crippen MR) is 226 cm³/mol. The quantitative estimate of drug-likeness (QED) is 0.225. The molecule has 3 saturated heterocycles. The highest BCUT2D eigenvalue weighted by Crippen LogP contribution is 2.48. The summed E-state index contributed by atoms with van der Waals surface area (Å²) in [7, 11) is 0. The van der Waals surface area contributed by atoms with Crippen molar-refractivity contribution in [2.24, 2.45) is 5.41 Å². The van der Waals surface area contributed by atoms with E-state index in [0.29, 0.717) is 31.6 Å². The minimum absolute atomic E-state index is 0.0741. The largest absolute Gasteiger partial charge is 0.508 e. The molecule has 11 nitrogen and oxygen atoms in total. The highest BCUT2D eigenvalue weighted by atomic mass is 19.1. The number of piperidine rings is 3. The number of imide groups is 2. The van der Waals surface area contributed by atoms with E-state index in [1.807, 2.05) is 23.1 Å². The Labute approximate surface area is 354 Å². The van der Waals surface area contributed by atoms with Gasteiger partial charge < -0.3 is 14.9 Å². The summed E-state index contributed by atoms with van der Waals surface area (Å²) >= 11 is 0. The number of aryl methyl sites for hydroxylation is 1. The molecule has 3 atom stereocenters. The first kappa shape index (κ1) is 39.3. The zero-order valence-electron chi connectivity index (χ0n) is 34.2. The van der Waals surface area contributed by atoms with E-state index < -0.39 is 29.7 Å². The van der Waals surface area contributed by atoms with E-state index in [4.69, 9.17) is 0 Å². The van der Waals surface area contributed by atoms with Gasteiger partial charge >= 0.3 is 0 Å². The summed E-state index contributed by atoms with van der Waals surface area (Å²) in [5.74, 6) is -1.57. The van der Waals surface area contributed by atoms with Crippen LogP contribution in [0.3, 0.4) is 0 Å². The van der Waals surface area contributed by atoms with Crippen molar-refractivity contribution in [2.75, 3.05) is 44.2 Å². The number of benzene rings is 4. The first-order valence-electron chi connectivity index (χ1n) is 21.8. The van der Waals surface area contributed by atoms with Crippen LogP contribution in [-0.4, -0.2) is 94.7 Å². The standard InChI is InChI=1S/C49H50FN5O6/c50-35-6-1-30(2-7-35)38-11-5-33-25-37(56)10-12-39(33)45(38)31-3-8-36(9-4-31)53-21-16-49(17-22-53)18-23-54(24-19-49)44(58)29-52-20-15-32-26-40-41(27-34(32)28-52)48(61)55(47(40)60)42-13-14-43(57)51-46(42)59/h1-4,6-10,12,25-27,38,42,45,56H,5,11,13-24,28-29H2,(H,51,57,59)/t38-,42-,45+/m1/s1. The van der Waals surface area contributed by atoms with Gasteiger partial charge in [0.2, 0.25) is 17.7 Å². The van der Waals surface area contributed by atoms with Crippen LogP contribution >= 0.6 is 0 Å². The van der Waals surface area contributed by atoms with Crippen molar-refractivity contribution in [2.45, 2.75) is 82.2 Å². The van der Waals surface area contributed by atoms with E-state index in [-0.39, 0.29) is 53.1 Å². The number of nitrogens with zero attached hydrogens (tertiary/aromatic N) is 4. The number of carbonyl (C=O) groups is 5. The lowest BCUT2D eigenvalue weighted by molar-refractivity contribution is -0.137. The van der Waals surface area contributed by atoms with E-state index in [1.165, 1.54) is 22.4 Å². The van der Waals surface area contributed by atoms with Crippen LogP contribution in [0.5, 0.6) is 5.75 Å². The number of aromatic hydroxyl groups is 1. The topological polar surface area (TPSA) is 131 Å². The Morgan fingerprint density at radius 3 is 2.10 bits per heavy atom. The molecule has 0 unspecified atom stereocenters. The molecule has 2 N–H and O–H groups in total. The molecule has 0 saturated carbocycles. The third-order valence-electron chi connectivity index (χ3n) is 14.7. The van der Waals surface area contributed by atoms with Gasteiger partial charge in [0.15, 0.2) is 0 Å². The van der Waals surface area contributed by atoms with Gasteiger partial charge in [-0.1, -0.05) is 30.3 Å². The number of rotatable bonds is 6. The highest BCUT2D eigenvalue weighted by Gasteiger charge is 2.45. The molecule has 314 valence electrons. The number of anilines is 1. The maximum Gasteiger partial charge on any atom is 0.262 e.